The molecule has 2 aromatic rings. The highest BCUT2D eigenvalue weighted by atomic mass is 32.2. The number of aryl methyl sites for hydroxylation is 1. The lowest BCUT2D eigenvalue weighted by Gasteiger charge is -2.37. The van der Waals surface area contributed by atoms with Gasteiger partial charge >= 0.3 is 6.18 Å². The molecule has 1 saturated heterocycles. The molecule has 25 heavy (non-hydrogen) atoms. The molecule has 0 N–H and O–H groups in total. The predicted octanol–water partition coefficient (Wildman–Crippen LogP) is 2.86. The Morgan fingerprint density at radius 3 is 2.36 bits per heavy atom. The van der Waals surface area contributed by atoms with Crippen molar-refractivity contribution in [2.24, 2.45) is 0 Å². The van der Waals surface area contributed by atoms with Gasteiger partial charge < -0.3 is 4.74 Å². The van der Waals surface area contributed by atoms with E-state index in [2.05, 4.69) is 4.98 Å². The Morgan fingerprint density at radius 2 is 1.76 bits per heavy atom. The highest BCUT2D eigenvalue weighted by Crippen LogP contribution is 2.30. The van der Waals surface area contributed by atoms with Crippen LogP contribution in [0.1, 0.15) is 11.3 Å². The number of sulfonamides is 1. The van der Waals surface area contributed by atoms with Crippen LogP contribution in [-0.2, 0) is 16.2 Å². The van der Waals surface area contributed by atoms with Crippen molar-refractivity contribution in [3.05, 3.63) is 53.7 Å². The number of halogens is 3. The van der Waals surface area contributed by atoms with Crippen molar-refractivity contribution in [3.8, 4) is 5.88 Å². The summed E-state index contributed by atoms with van der Waals surface area (Å²) in [6.07, 6.45) is -5.09. The molecule has 0 saturated carbocycles. The van der Waals surface area contributed by atoms with Crippen molar-refractivity contribution in [1.29, 1.82) is 0 Å². The Bertz CT molecular complexity index is 861. The summed E-state index contributed by atoms with van der Waals surface area (Å²) >= 11 is 0. The molecule has 0 amide bonds. The summed E-state index contributed by atoms with van der Waals surface area (Å²) in [5, 5.41) is 0. The Kier molecular flexibility index (Phi) is 4.46. The maximum absolute atomic E-state index is 12.6. The first-order chi connectivity index (χ1) is 11.7. The number of alkyl halides is 3. The Morgan fingerprint density at radius 1 is 1.12 bits per heavy atom. The number of benzene rings is 1. The minimum atomic E-state index is -4.56. The van der Waals surface area contributed by atoms with Crippen LogP contribution in [0.15, 0.2) is 47.4 Å². The minimum absolute atomic E-state index is 0.0636. The molecule has 5 nitrogen and oxygen atoms in total. The van der Waals surface area contributed by atoms with E-state index in [1.54, 1.807) is 12.1 Å². The zero-order chi connectivity index (χ0) is 18.2. The second kappa shape index (κ2) is 6.30. The fourth-order valence-electron chi connectivity index (χ4n) is 2.34. The van der Waals surface area contributed by atoms with Gasteiger partial charge in [-0.2, -0.15) is 17.5 Å². The lowest BCUT2D eigenvalue weighted by atomic mass is 10.2. The van der Waals surface area contributed by atoms with Crippen LogP contribution in [0, 0.1) is 6.92 Å². The van der Waals surface area contributed by atoms with Gasteiger partial charge in [-0.1, -0.05) is 23.8 Å². The molecular weight excluding hydrogens is 357 g/mol. The van der Waals surface area contributed by atoms with Crippen molar-refractivity contribution < 1.29 is 26.3 Å². The van der Waals surface area contributed by atoms with E-state index in [9.17, 15) is 21.6 Å². The smallest absolute Gasteiger partial charge is 0.433 e. The summed E-state index contributed by atoms with van der Waals surface area (Å²) < 4.78 is 69.3. The number of nitrogens with zero attached hydrogens (tertiary/aromatic N) is 2. The van der Waals surface area contributed by atoms with Gasteiger partial charge in [0.15, 0.2) is 0 Å². The van der Waals surface area contributed by atoms with E-state index in [0.717, 1.165) is 11.6 Å². The van der Waals surface area contributed by atoms with Crippen LogP contribution >= 0.6 is 0 Å². The van der Waals surface area contributed by atoms with E-state index < -0.39 is 28.0 Å². The molecule has 0 unspecified atom stereocenters. The van der Waals surface area contributed by atoms with Gasteiger partial charge in [0.2, 0.25) is 15.9 Å². The van der Waals surface area contributed by atoms with E-state index >= 15 is 0 Å². The van der Waals surface area contributed by atoms with Crippen LogP contribution in [0.5, 0.6) is 5.88 Å². The van der Waals surface area contributed by atoms with Gasteiger partial charge in [0, 0.05) is 6.07 Å². The molecular formula is C16H15F3N2O3S. The minimum Gasteiger partial charge on any atom is -0.472 e. The largest absolute Gasteiger partial charge is 0.472 e. The second-order valence-electron chi connectivity index (χ2n) is 5.73. The van der Waals surface area contributed by atoms with Gasteiger partial charge in [0.1, 0.15) is 11.8 Å². The quantitative estimate of drug-likeness (QED) is 0.828. The number of pyridine rings is 1. The Hall–Kier alpha value is -2.13. The van der Waals surface area contributed by atoms with E-state index in [0.29, 0.717) is 0 Å². The highest BCUT2D eigenvalue weighted by molar-refractivity contribution is 7.89. The Labute approximate surface area is 143 Å². The van der Waals surface area contributed by atoms with E-state index in [-0.39, 0.29) is 23.9 Å². The number of hydrogen-bond acceptors (Lipinski definition) is 4. The number of ether oxygens (including phenoxy) is 1. The Balaban J connectivity index is 1.64. The van der Waals surface area contributed by atoms with Gasteiger partial charge in [-0.15, -0.1) is 0 Å². The standard InChI is InChI=1S/C16H15F3N2O3S/c1-11-5-7-13(8-6-11)25(22,23)21-9-12(10-21)24-15-4-2-3-14(20-15)16(17,18)19/h2-8,12H,9-10H2,1H3. The number of hydrogen-bond donors (Lipinski definition) is 0. The van der Waals surface area contributed by atoms with Crippen LogP contribution in [0.2, 0.25) is 0 Å². The molecule has 1 aliphatic rings. The van der Waals surface area contributed by atoms with Gasteiger partial charge in [-0.3, -0.25) is 0 Å². The first kappa shape index (κ1) is 17.7. The molecule has 0 radical (unpaired) electrons. The molecule has 0 spiro atoms. The van der Waals surface area contributed by atoms with Crippen LogP contribution in [0.25, 0.3) is 0 Å². The molecule has 0 bridgehead atoms. The topological polar surface area (TPSA) is 59.5 Å². The van der Waals surface area contributed by atoms with Gasteiger partial charge in [0.05, 0.1) is 18.0 Å². The zero-order valence-electron chi connectivity index (χ0n) is 13.2. The number of rotatable bonds is 4. The van der Waals surface area contributed by atoms with E-state index in [1.165, 1.54) is 28.6 Å². The first-order valence-electron chi connectivity index (χ1n) is 7.44. The summed E-state index contributed by atoms with van der Waals surface area (Å²) in [7, 11) is -3.62. The molecule has 1 aliphatic heterocycles. The summed E-state index contributed by atoms with van der Waals surface area (Å²) in [4.78, 5) is 3.58. The normalized spacial score (nSPS) is 16.5. The average molecular weight is 372 g/mol. The van der Waals surface area contributed by atoms with Crippen LogP contribution < -0.4 is 4.74 Å². The number of aromatic nitrogens is 1. The lowest BCUT2D eigenvalue weighted by Crippen LogP contribution is -2.56. The maximum Gasteiger partial charge on any atom is 0.433 e. The van der Waals surface area contributed by atoms with Crippen molar-refractivity contribution >= 4 is 10.0 Å². The molecule has 1 aromatic carbocycles. The van der Waals surface area contributed by atoms with E-state index in [4.69, 9.17) is 4.74 Å². The molecule has 1 aromatic heterocycles. The third kappa shape index (κ3) is 3.77. The summed E-state index contributed by atoms with van der Waals surface area (Å²) in [6, 6.07) is 9.81. The third-order valence-corrected chi connectivity index (χ3v) is 5.62. The molecule has 3 rings (SSSR count). The van der Waals surface area contributed by atoms with E-state index in [1.807, 2.05) is 6.92 Å². The zero-order valence-corrected chi connectivity index (χ0v) is 14.0. The predicted molar refractivity (Wildman–Crippen MR) is 83.6 cm³/mol. The van der Waals surface area contributed by atoms with Gasteiger partial charge in [0.25, 0.3) is 0 Å². The summed E-state index contributed by atoms with van der Waals surface area (Å²) in [5.41, 5.74) is -0.104. The third-order valence-electron chi connectivity index (χ3n) is 3.77. The average Bonchev–Trinajstić information content (AvgIpc) is 2.50. The second-order valence-corrected chi connectivity index (χ2v) is 7.67. The maximum atomic E-state index is 12.6. The molecule has 0 atom stereocenters. The van der Waals surface area contributed by atoms with Crippen LogP contribution in [0.3, 0.4) is 0 Å². The van der Waals surface area contributed by atoms with Gasteiger partial charge in [-0.05, 0) is 25.1 Å². The van der Waals surface area contributed by atoms with Crippen LogP contribution in [-0.4, -0.2) is 36.9 Å². The molecule has 134 valence electrons. The fourth-order valence-corrected chi connectivity index (χ4v) is 3.84. The monoisotopic (exact) mass is 372 g/mol. The van der Waals surface area contributed by atoms with Crippen molar-refractivity contribution in [1.82, 2.24) is 9.29 Å². The van der Waals surface area contributed by atoms with Crippen LogP contribution in [0.4, 0.5) is 13.2 Å². The first-order valence-corrected chi connectivity index (χ1v) is 8.88. The highest BCUT2D eigenvalue weighted by Gasteiger charge is 2.39. The van der Waals surface area contributed by atoms with Crippen molar-refractivity contribution in [2.45, 2.75) is 24.1 Å². The summed E-state index contributed by atoms with van der Waals surface area (Å²) in [5.74, 6) is -0.174. The summed E-state index contributed by atoms with van der Waals surface area (Å²) in [6.45, 7) is 1.98. The molecule has 0 aliphatic carbocycles. The molecule has 2 heterocycles. The SMILES string of the molecule is Cc1ccc(S(=O)(=O)N2CC(Oc3cccc(C(F)(F)F)n3)C2)cc1. The van der Waals surface area contributed by atoms with Crippen molar-refractivity contribution in [3.63, 3.8) is 0 Å². The van der Waals surface area contributed by atoms with Crippen molar-refractivity contribution in [2.75, 3.05) is 13.1 Å². The fraction of sp³-hybridized carbons (Fsp3) is 0.312. The lowest BCUT2D eigenvalue weighted by molar-refractivity contribution is -0.141. The molecule has 1 fully saturated rings. The van der Waals surface area contributed by atoms with Gasteiger partial charge in [-0.25, -0.2) is 13.4 Å². The molecule has 9 heteroatoms.